The quantitative estimate of drug-likeness (QED) is 0.852. The Morgan fingerprint density at radius 1 is 1.32 bits per heavy atom. The van der Waals surface area contributed by atoms with E-state index < -0.39 is 0 Å². The molecule has 3 nitrogen and oxygen atoms in total. The second-order valence-corrected chi connectivity index (χ2v) is 5.51. The molecule has 0 spiro atoms. The Bertz CT molecular complexity index is 379. The van der Waals surface area contributed by atoms with Crippen molar-refractivity contribution in [1.82, 2.24) is 4.90 Å². The second-order valence-electron chi connectivity index (χ2n) is 5.51. The first kappa shape index (κ1) is 14.5. The van der Waals surface area contributed by atoms with Crippen molar-refractivity contribution < 1.29 is 4.74 Å². The van der Waals surface area contributed by atoms with Crippen molar-refractivity contribution in [2.75, 3.05) is 33.4 Å². The summed E-state index contributed by atoms with van der Waals surface area (Å²) in [5, 5.41) is 0. The van der Waals surface area contributed by atoms with Gasteiger partial charge in [-0.3, -0.25) is 4.90 Å². The molecular formula is C16H26N2O. The van der Waals surface area contributed by atoms with Crippen molar-refractivity contribution in [2.45, 2.75) is 25.8 Å². The molecule has 0 aliphatic carbocycles. The van der Waals surface area contributed by atoms with Crippen molar-refractivity contribution in [2.24, 2.45) is 11.7 Å². The molecule has 1 aromatic rings. The van der Waals surface area contributed by atoms with Gasteiger partial charge in [-0.25, -0.2) is 0 Å². The third-order valence-corrected chi connectivity index (χ3v) is 3.93. The van der Waals surface area contributed by atoms with E-state index in [0.29, 0.717) is 5.92 Å². The summed E-state index contributed by atoms with van der Waals surface area (Å²) in [5.74, 6) is 0.695. The number of methoxy groups -OCH3 is 1. The number of ether oxygens (including phenoxy) is 1. The van der Waals surface area contributed by atoms with E-state index in [4.69, 9.17) is 10.5 Å². The van der Waals surface area contributed by atoms with Gasteiger partial charge in [0.25, 0.3) is 0 Å². The number of hydrogen-bond donors (Lipinski definition) is 1. The monoisotopic (exact) mass is 262 g/mol. The zero-order valence-corrected chi connectivity index (χ0v) is 12.0. The molecule has 1 atom stereocenters. The molecule has 0 bridgehead atoms. The van der Waals surface area contributed by atoms with Crippen molar-refractivity contribution in [3.63, 3.8) is 0 Å². The highest BCUT2D eigenvalue weighted by molar-refractivity contribution is 5.27. The number of likely N-dealkylation sites (tertiary alicyclic amines) is 1. The van der Waals surface area contributed by atoms with Gasteiger partial charge in [0, 0.05) is 20.2 Å². The fourth-order valence-electron chi connectivity index (χ4n) is 3.02. The van der Waals surface area contributed by atoms with Crippen LogP contribution >= 0.6 is 0 Å². The molecule has 1 saturated heterocycles. The maximum absolute atomic E-state index is 5.69. The third-order valence-electron chi connectivity index (χ3n) is 3.93. The number of hydrogen-bond acceptors (Lipinski definition) is 3. The first-order valence-electron chi connectivity index (χ1n) is 7.31. The van der Waals surface area contributed by atoms with E-state index in [1.54, 1.807) is 7.11 Å². The summed E-state index contributed by atoms with van der Waals surface area (Å²) in [5.41, 5.74) is 8.53. The molecule has 3 heteroatoms. The van der Waals surface area contributed by atoms with Gasteiger partial charge in [0.05, 0.1) is 6.61 Å². The Morgan fingerprint density at radius 2 is 2.11 bits per heavy atom. The summed E-state index contributed by atoms with van der Waals surface area (Å²) in [7, 11) is 1.80. The average Bonchev–Trinajstić information content (AvgIpc) is 2.42. The molecule has 1 unspecified atom stereocenters. The van der Waals surface area contributed by atoms with Gasteiger partial charge in [-0.05, 0) is 49.4 Å². The van der Waals surface area contributed by atoms with Crippen LogP contribution in [0, 0.1) is 5.92 Å². The van der Waals surface area contributed by atoms with Crippen LogP contribution in [-0.2, 0) is 17.7 Å². The summed E-state index contributed by atoms with van der Waals surface area (Å²) in [6.45, 7) is 5.03. The highest BCUT2D eigenvalue weighted by Gasteiger charge is 2.20. The Balaban J connectivity index is 1.96. The van der Waals surface area contributed by atoms with Gasteiger partial charge in [0.2, 0.25) is 0 Å². The molecule has 1 heterocycles. The highest BCUT2D eigenvalue weighted by Crippen LogP contribution is 2.20. The molecule has 1 aliphatic heterocycles. The maximum atomic E-state index is 5.69. The van der Waals surface area contributed by atoms with E-state index in [0.717, 1.165) is 32.7 Å². The Labute approximate surface area is 116 Å². The van der Waals surface area contributed by atoms with E-state index in [1.165, 1.54) is 30.5 Å². The summed E-state index contributed by atoms with van der Waals surface area (Å²) in [6.07, 6.45) is 3.56. The molecule has 0 aromatic heterocycles. The molecule has 2 rings (SSSR count). The molecule has 1 aromatic carbocycles. The van der Waals surface area contributed by atoms with Crippen LogP contribution in [0.3, 0.4) is 0 Å². The lowest BCUT2D eigenvalue weighted by Crippen LogP contribution is -2.36. The van der Waals surface area contributed by atoms with Crippen LogP contribution in [0.4, 0.5) is 0 Å². The van der Waals surface area contributed by atoms with Crippen molar-refractivity contribution in [3.05, 3.63) is 35.4 Å². The first-order chi connectivity index (χ1) is 9.33. The predicted molar refractivity (Wildman–Crippen MR) is 79.1 cm³/mol. The van der Waals surface area contributed by atoms with E-state index >= 15 is 0 Å². The Kier molecular flexibility index (Phi) is 5.83. The van der Waals surface area contributed by atoms with Gasteiger partial charge in [-0.2, -0.15) is 0 Å². The number of benzene rings is 1. The number of piperidine rings is 1. The summed E-state index contributed by atoms with van der Waals surface area (Å²) in [4.78, 5) is 2.56. The van der Waals surface area contributed by atoms with Crippen LogP contribution in [0.5, 0.6) is 0 Å². The maximum Gasteiger partial charge on any atom is 0.0502 e. The first-order valence-corrected chi connectivity index (χ1v) is 7.31. The molecule has 1 aliphatic rings. The van der Waals surface area contributed by atoms with Crippen LogP contribution in [0.2, 0.25) is 0 Å². The van der Waals surface area contributed by atoms with Crippen LogP contribution in [0.1, 0.15) is 24.0 Å². The molecule has 106 valence electrons. The highest BCUT2D eigenvalue weighted by atomic mass is 16.5. The molecule has 2 N–H and O–H groups in total. The van der Waals surface area contributed by atoms with Gasteiger partial charge in [0.1, 0.15) is 0 Å². The van der Waals surface area contributed by atoms with E-state index in [1.807, 2.05) is 0 Å². The second kappa shape index (κ2) is 7.63. The van der Waals surface area contributed by atoms with Crippen LogP contribution in [0.15, 0.2) is 24.3 Å². The molecule has 0 amide bonds. The Hall–Kier alpha value is -0.900. The van der Waals surface area contributed by atoms with Crippen molar-refractivity contribution in [3.8, 4) is 0 Å². The zero-order valence-electron chi connectivity index (χ0n) is 12.0. The van der Waals surface area contributed by atoms with Crippen LogP contribution in [0.25, 0.3) is 0 Å². The minimum Gasteiger partial charge on any atom is -0.384 e. The molecular weight excluding hydrogens is 236 g/mol. The van der Waals surface area contributed by atoms with Gasteiger partial charge in [0.15, 0.2) is 0 Å². The van der Waals surface area contributed by atoms with E-state index in [-0.39, 0.29) is 0 Å². The van der Waals surface area contributed by atoms with E-state index in [2.05, 4.69) is 29.2 Å². The third kappa shape index (κ3) is 4.30. The van der Waals surface area contributed by atoms with Gasteiger partial charge in [-0.1, -0.05) is 24.3 Å². The fraction of sp³-hybridized carbons (Fsp3) is 0.625. The standard InChI is InChI=1S/C16H26N2O/c1-19-13-14-5-4-10-18(11-14)12-16-7-3-2-6-15(16)8-9-17/h2-3,6-7,14H,4-5,8-13,17H2,1H3. The fourth-order valence-corrected chi connectivity index (χ4v) is 3.02. The number of rotatable bonds is 6. The summed E-state index contributed by atoms with van der Waals surface area (Å²) < 4.78 is 5.30. The lowest BCUT2D eigenvalue weighted by molar-refractivity contribution is 0.0872. The summed E-state index contributed by atoms with van der Waals surface area (Å²) in [6, 6.07) is 8.69. The average molecular weight is 262 g/mol. The predicted octanol–water partition coefficient (Wildman–Crippen LogP) is 2.05. The van der Waals surface area contributed by atoms with Gasteiger partial charge in [-0.15, -0.1) is 0 Å². The van der Waals surface area contributed by atoms with Gasteiger partial charge < -0.3 is 10.5 Å². The minimum atomic E-state index is 0.695. The normalized spacial score (nSPS) is 20.6. The largest absolute Gasteiger partial charge is 0.384 e. The molecule has 19 heavy (non-hydrogen) atoms. The van der Waals surface area contributed by atoms with Crippen molar-refractivity contribution in [1.29, 1.82) is 0 Å². The van der Waals surface area contributed by atoms with Crippen molar-refractivity contribution >= 4 is 0 Å². The zero-order chi connectivity index (χ0) is 13.5. The van der Waals surface area contributed by atoms with Crippen LogP contribution in [-0.4, -0.2) is 38.3 Å². The minimum absolute atomic E-state index is 0.695. The molecule has 1 fully saturated rings. The van der Waals surface area contributed by atoms with Crippen LogP contribution < -0.4 is 5.73 Å². The lowest BCUT2D eigenvalue weighted by atomic mass is 9.97. The number of nitrogens with zero attached hydrogens (tertiary/aromatic N) is 1. The van der Waals surface area contributed by atoms with E-state index in [9.17, 15) is 0 Å². The molecule has 0 saturated carbocycles. The smallest absolute Gasteiger partial charge is 0.0502 e. The molecule has 0 radical (unpaired) electrons. The topological polar surface area (TPSA) is 38.5 Å². The lowest BCUT2D eigenvalue weighted by Gasteiger charge is -2.32. The van der Waals surface area contributed by atoms with Gasteiger partial charge >= 0.3 is 0 Å². The SMILES string of the molecule is COCC1CCCN(Cc2ccccc2CCN)C1. The Morgan fingerprint density at radius 3 is 2.84 bits per heavy atom. The summed E-state index contributed by atoms with van der Waals surface area (Å²) >= 11 is 0. The number of nitrogens with two attached hydrogens (primary N) is 1.